The topological polar surface area (TPSA) is 84.1 Å². The number of aromatic amines is 1. The van der Waals surface area contributed by atoms with Crippen LogP contribution in [0.5, 0.6) is 5.75 Å². The zero-order valence-electron chi connectivity index (χ0n) is 12.5. The van der Waals surface area contributed by atoms with E-state index in [0.29, 0.717) is 33.5 Å². The highest BCUT2D eigenvalue weighted by Gasteiger charge is 2.14. The van der Waals surface area contributed by atoms with Crippen LogP contribution in [-0.4, -0.2) is 23.0 Å². The van der Waals surface area contributed by atoms with E-state index in [0.717, 1.165) is 0 Å². The number of anilines is 1. The lowest BCUT2D eigenvalue weighted by atomic mass is 10.1. The van der Waals surface area contributed by atoms with Crippen molar-refractivity contribution < 1.29 is 9.53 Å². The molecule has 7 heteroatoms. The summed E-state index contributed by atoms with van der Waals surface area (Å²) in [6.45, 7) is 3.39. The SMILES string of the molecule is COc1ccc(Cl)cc1NC(=O)Cc1c(C)nc(C)[nH]c1=O. The van der Waals surface area contributed by atoms with E-state index in [9.17, 15) is 9.59 Å². The molecule has 2 rings (SSSR count). The monoisotopic (exact) mass is 321 g/mol. The number of carbonyl (C=O) groups excluding carboxylic acids is 1. The zero-order valence-corrected chi connectivity index (χ0v) is 13.2. The molecule has 0 saturated carbocycles. The number of halogens is 1. The Morgan fingerprint density at radius 1 is 1.41 bits per heavy atom. The van der Waals surface area contributed by atoms with Crippen LogP contribution in [0.2, 0.25) is 5.02 Å². The maximum Gasteiger partial charge on any atom is 0.254 e. The van der Waals surface area contributed by atoms with Gasteiger partial charge in [-0.05, 0) is 32.0 Å². The van der Waals surface area contributed by atoms with E-state index in [-0.39, 0.29) is 17.9 Å². The molecule has 0 unspecified atom stereocenters. The van der Waals surface area contributed by atoms with Crippen LogP contribution in [0, 0.1) is 13.8 Å². The summed E-state index contributed by atoms with van der Waals surface area (Å²) < 4.78 is 5.16. The first-order chi connectivity index (χ1) is 10.4. The second kappa shape index (κ2) is 6.62. The van der Waals surface area contributed by atoms with Crippen molar-refractivity contribution in [3.8, 4) is 5.75 Å². The molecule has 0 bridgehead atoms. The fourth-order valence-electron chi connectivity index (χ4n) is 2.09. The van der Waals surface area contributed by atoms with E-state index in [1.165, 1.54) is 7.11 Å². The molecule has 2 aromatic rings. The predicted molar refractivity (Wildman–Crippen MR) is 84.7 cm³/mol. The second-order valence-electron chi connectivity index (χ2n) is 4.78. The van der Waals surface area contributed by atoms with Crippen LogP contribution in [0.3, 0.4) is 0 Å². The van der Waals surface area contributed by atoms with Gasteiger partial charge in [0.2, 0.25) is 5.91 Å². The van der Waals surface area contributed by atoms with Crippen molar-refractivity contribution in [1.82, 2.24) is 9.97 Å². The maximum atomic E-state index is 12.2. The minimum Gasteiger partial charge on any atom is -0.495 e. The first kappa shape index (κ1) is 16.0. The Labute approximate surface area is 132 Å². The summed E-state index contributed by atoms with van der Waals surface area (Å²) in [5, 5.41) is 3.17. The number of nitrogens with zero attached hydrogens (tertiary/aromatic N) is 1. The van der Waals surface area contributed by atoms with Crippen molar-refractivity contribution in [3.63, 3.8) is 0 Å². The fraction of sp³-hybridized carbons (Fsp3) is 0.267. The first-order valence-electron chi connectivity index (χ1n) is 6.60. The van der Waals surface area contributed by atoms with Gasteiger partial charge in [-0.2, -0.15) is 0 Å². The van der Waals surface area contributed by atoms with Gasteiger partial charge in [-0.3, -0.25) is 9.59 Å². The minimum absolute atomic E-state index is 0.0793. The number of hydrogen-bond acceptors (Lipinski definition) is 4. The Morgan fingerprint density at radius 3 is 2.77 bits per heavy atom. The minimum atomic E-state index is -0.347. The Balaban J connectivity index is 2.21. The van der Waals surface area contributed by atoms with E-state index in [4.69, 9.17) is 16.3 Å². The molecular formula is C15H16ClN3O3. The molecular weight excluding hydrogens is 306 g/mol. The highest BCUT2D eigenvalue weighted by molar-refractivity contribution is 6.31. The number of H-pyrrole nitrogens is 1. The van der Waals surface area contributed by atoms with Gasteiger partial charge in [0.15, 0.2) is 0 Å². The summed E-state index contributed by atoms with van der Waals surface area (Å²) in [7, 11) is 1.50. The molecule has 2 N–H and O–H groups in total. The Hall–Kier alpha value is -2.34. The summed E-state index contributed by atoms with van der Waals surface area (Å²) in [6, 6.07) is 4.90. The fourth-order valence-corrected chi connectivity index (χ4v) is 2.26. The van der Waals surface area contributed by atoms with Crippen LogP contribution in [0.15, 0.2) is 23.0 Å². The molecule has 22 heavy (non-hydrogen) atoms. The number of aryl methyl sites for hydroxylation is 2. The third-order valence-corrected chi connectivity index (χ3v) is 3.35. The van der Waals surface area contributed by atoms with Gasteiger partial charge >= 0.3 is 0 Å². The van der Waals surface area contributed by atoms with Crippen LogP contribution in [-0.2, 0) is 11.2 Å². The lowest BCUT2D eigenvalue weighted by Gasteiger charge is -2.11. The first-order valence-corrected chi connectivity index (χ1v) is 6.98. The zero-order chi connectivity index (χ0) is 16.3. The van der Waals surface area contributed by atoms with E-state index < -0.39 is 0 Å². The quantitative estimate of drug-likeness (QED) is 0.904. The smallest absolute Gasteiger partial charge is 0.254 e. The predicted octanol–water partition coefficient (Wildman–Crippen LogP) is 2.23. The van der Waals surface area contributed by atoms with Crippen LogP contribution >= 0.6 is 11.6 Å². The Morgan fingerprint density at radius 2 is 2.14 bits per heavy atom. The van der Waals surface area contributed by atoms with Gasteiger partial charge < -0.3 is 15.0 Å². The molecule has 0 radical (unpaired) electrons. The normalized spacial score (nSPS) is 10.4. The Kier molecular flexibility index (Phi) is 4.82. The summed E-state index contributed by atoms with van der Waals surface area (Å²) >= 11 is 5.91. The summed E-state index contributed by atoms with van der Waals surface area (Å²) in [4.78, 5) is 30.8. The standard InChI is InChI=1S/C15H16ClN3O3/c1-8-11(15(21)18-9(2)17-8)7-14(20)19-12-6-10(16)4-5-13(12)22-3/h4-6H,7H2,1-3H3,(H,19,20)(H,17,18,21). The number of aromatic nitrogens is 2. The summed E-state index contributed by atoms with van der Waals surface area (Å²) in [5.41, 5.74) is 1.02. The van der Waals surface area contributed by atoms with Crippen molar-refractivity contribution in [2.45, 2.75) is 20.3 Å². The van der Waals surface area contributed by atoms with Gasteiger partial charge in [-0.25, -0.2) is 4.98 Å². The van der Waals surface area contributed by atoms with Crippen molar-refractivity contribution in [1.29, 1.82) is 0 Å². The highest BCUT2D eigenvalue weighted by atomic mass is 35.5. The lowest BCUT2D eigenvalue weighted by Crippen LogP contribution is -2.24. The molecule has 1 amide bonds. The molecule has 0 fully saturated rings. The third-order valence-electron chi connectivity index (χ3n) is 3.11. The molecule has 116 valence electrons. The number of hydrogen-bond donors (Lipinski definition) is 2. The molecule has 0 aliphatic heterocycles. The molecule has 1 aromatic heterocycles. The van der Waals surface area contributed by atoms with Gasteiger partial charge in [0.25, 0.3) is 5.56 Å². The number of nitrogens with one attached hydrogen (secondary N) is 2. The molecule has 0 saturated heterocycles. The molecule has 1 aromatic carbocycles. The van der Waals surface area contributed by atoms with Crippen molar-refractivity contribution in [2.75, 3.05) is 12.4 Å². The molecule has 0 aliphatic rings. The molecule has 0 aliphatic carbocycles. The van der Waals surface area contributed by atoms with Crippen LogP contribution < -0.4 is 15.6 Å². The van der Waals surface area contributed by atoms with Gasteiger partial charge in [0, 0.05) is 16.3 Å². The highest BCUT2D eigenvalue weighted by Crippen LogP contribution is 2.27. The van der Waals surface area contributed by atoms with Gasteiger partial charge in [0.05, 0.1) is 19.2 Å². The van der Waals surface area contributed by atoms with Crippen LogP contribution in [0.1, 0.15) is 17.1 Å². The van der Waals surface area contributed by atoms with Crippen molar-refractivity contribution >= 4 is 23.2 Å². The molecule has 6 nitrogen and oxygen atoms in total. The number of carbonyl (C=O) groups is 1. The number of rotatable bonds is 4. The van der Waals surface area contributed by atoms with E-state index in [1.54, 1.807) is 32.0 Å². The summed E-state index contributed by atoms with van der Waals surface area (Å²) in [6.07, 6.45) is -0.0793. The molecule has 0 spiro atoms. The van der Waals surface area contributed by atoms with Crippen molar-refractivity contribution in [2.24, 2.45) is 0 Å². The van der Waals surface area contributed by atoms with E-state index >= 15 is 0 Å². The molecule has 0 atom stereocenters. The number of ether oxygens (including phenoxy) is 1. The summed E-state index contributed by atoms with van der Waals surface area (Å²) in [5.74, 6) is 0.661. The van der Waals surface area contributed by atoms with Crippen LogP contribution in [0.25, 0.3) is 0 Å². The van der Waals surface area contributed by atoms with E-state index in [1.807, 2.05) is 0 Å². The van der Waals surface area contributed by atoms with Crippen molar-refractivity contribution in [3.05, 3.63) is 50.7 Å². The Bertz CT molecular complexity index is 771. The average Bonchev–Trinajstić information content (AvgIpc) is 2.43. The third kappa shape index (κ3) is 3.65. The van der Waals surface area contributed by atoms with Gasteiger partial charge in [-0.15, -0.1) is 0 Å². The van der Waals surface area contributed by atoms with Crippen LogP contribution in [0.4, 0.5) is 5.69 Å². The number of methoxy groups -OCH3 is 1. The maximum absolute atomic E-state index is 12.2. The van der Waals surface area contributed by atoms with Gasteiger partial charge in [-0.1, -0.05) is 11.6 Å². The van der Waals surface area contributed by atoms with Gasteiger partial charge in [0.1, 0.15) is 11.6 Å². The molecule has 1 heterocycles. The largest absolute Gasteiger partial charge is 0.495 e. The number of amides is 1. The average molecular weight is 322 g/mol. The lowest BCUT2D eigenvalue weighted by molar-refractivity contribution is -0.115. The van der Waals surface area contributed by atoms with E-state index in [2.05, 4.69) is 15.3 Å². The second-order valence-corrected chi connectivity index (χ2v) is 5.22. The number of benzene rings is 1.